The largest absolute Gasteiger partial charge is 0.455 e. The topological polar surface area (TPSA) is 66.8 Å². The molecular weight excluding hydrogens is 155 g/mol. The fourth-order valence-electron chi connectivity index (χ4n) is 0.924. The molecule has 1 aliphatic rings. The van der Waals surface area contributed by atoms with Crippen molar-refractivity contribution in [3.8, 4) is 0 Å². The molecular formula is C6H9FO4. The van der Waals surface area contributed by atoms with Gasteiger partial charge in [-0.25, -0.2) is 9.18 Å². The normalized spacial score (nSPS) is 44.2. The van der Waals surface area contributed by atoms with E-state index in [-0.39, 0.29) is 0 Å². The molecule has 0 saturated carbocycles. The van der Waals surface area contributed by atoms with Crippen LogP contribution >= 0.6 is 0 Å². The molecule has 1 rings (SSSR count). The Morgan fingerprint density at radius 1 is 1.82 bits per heavy atom. The number of rotatable bonds is 1. The molecule has 0 bridgehead atoms. The summed E-state index contributed by atoms with van der Waals surface area (Å²) >= 11 is 0. The Morgan fingerprint density at radius 3 is 2.55 bits per heavy atom. The van der Waals surface area contributed by atoms with Gasteiger partial charge in [0.05, 0.1) is 6.61 Å². The lowest BCUT2D eigenvalue weighted by Gasteiger charge is -2.14. The molecule has 2 N–H and O–H groups in total. The maximum atomic E-state index is 13.0. The van der Waals surface area contributed by atoms with E-state index in [1.165, 1.54) is 0 Å². The van der Waals surface area contributed by atoms with Gasteiger partial charge in [0.25, 0.3) is 0 Å². The first kappa shape index (κ1) is 8.42. The summed E-state index contributed by atoms with van der Waals surface area (Å²) in [6.07, 6.45) is -2.70. The monoisotopic (exact) mass is 164 g/mol. The van der Waals surface area contributed by atoms with Crippen LogP contribution in [0.5, 0.6) is 0 Å². The molecule has 0 aromatic rings. The highest BCUT2D eigenvalue weighted by Crippen LogP contribution is 2.29. The van der Waals surface area contributed by atoms with Crippen molar-refractivity contribution < 1.29 is 24.1 Å². The number of carbonyl (C=O) groups is 1. The second-order valence-electron chi connectivity index (χ2n) is 2.65. The van der Waals surface area contributed by atoms with Crippen LogP contribution in [-0.2, 0) is 9.53 Å². The summed E-state index contributed by atoms with van der Waals surface area (Å²) in [6, 6.07) is 0. The number of hydrogen-bond donors (Lipinski definition) is 2. The summed E-state index contributed by atoms with van der Waals surface area (Å²) in [4.78, 5) is 10.6. The highest BCUT2D eigenvalue weighted by atomic mass is 19.1. The van der Waals surface area contributed by atoms with E-state index in [0.29, 0.717) is 0 Å². The zero-order valence-corrected chi connectivity index (χ0v) is 5.95. The zero-order chi connectivity index (χ0) is 8.65. The van der Waals surface area contributed by atoms with Crippen molar-refractivity contribution in [3.05, 3.63) is 0 Å². The second-order valence-corrected chi connectivity index (χ2v) is 2.65. The zero-order valence-electron chi connectivity index (χ0n) is 5.95. The molecule has 5 heteroatoms. The lowest BCUT2D eigenvalue weighted by atomic mass is 10.0. The average Bonchev–Trinajstić information content (AvgIpc) is 2.14. The number of alkyl halides is 1. The van der Waals surface area contributed by atoms with Gasteiger partial charge in [0.1, 0.15) is 6.10 Å². The average molecular weight is 164 g/mol. The summed E-state index contributed by atoms with van der Waals surface area (Å²) in [5.41, 5.74) is -2.38. The van der Waals surface area contributed by atoms with Crippen LogP contribution in [0.25, 0.3) is 0 Å². The molecule has 4 nitrogen and oxygen atoms in total. The molecule has 0 radical (unpaired) electrons. The molecule has 11 heavy (non-hydrogen) atoms. The molecule has 64 valence electrons. The molecule has 0 unspecified atom stereocenters. The number of aliphatic hydroxyl groups excluding tert-OH is 2. The van der Waals surface area contributed by atoms with Crippen LogP contribution in [0.1, 0.15) is 6.92 Å². The van der Waals surface area contributed by atoms with Crippen LogP contribution in [0.2, 0.25) is 0 Å². The predicted molar refractivity (Wildman–Crippen MR) is 32.5 cm³/mol. The van der Waals surface area contributed by atoms with Crippen LogP contribution in [0.3, 0.4) is 0 Å². The number of aliphatic hydroxyl groups is 2. The second kappa shape index (κ2) is 2.42. The Labute approximate surface area is 62.6 Å². The van der Waals surface area contributed by atoms with Crippen molar-refractivity contribution in [2.45, 2.75) is 24.8 Å². The molecule has 0 aromatic heterocycles. The molecule has 1 heterocycles. The Kier molecular flexibility index (Phi) is 1.85. The van der Waals surface area contributed by atoms with E-state index in [9.17, 15) is 9.18 Å². The maximum Gasteiger partial charge on any atom is 0.346 e. The van der Waals surface area contributed by atoms with Crippen LogP contribution in [-0.4, -0.2) is 40.7 Å². The van der Waals surface area contributed by atoms with E-state index in [4.69, 9.17) is 10.2 Å². The van der Waals surface area contributed by atoms with Crippen LogP contribution in [0.15, 0.2) is 0 Å². The SMILES string of the molecule is C[C@@]1(F)C(=O)O[C@H](CO)[C@@H]1O. The minimum Gasteiger partial charge on any atom is -0.455 e. The molecule has 1 saturated heterocycles. The van der Waals surface area contributed by atoms with Gasteiger partial charge >= 0.3 is 5.97 Å². The standard InChI is InChI=1S/C6H9FO4/c1-6(7)4(9)3(2-8)11-5(6)10/h3-4,8-9H,2H2,1H3/t3-,4+,6+/m1/s1. The Hall–Kier alpha value is -0.680. The third-order valence-corrected chi connectivity index (χ3v) is 1.75. The van der Waals surface area contributed by atoms with Gasteiger partial charge in [0, 0.05) is 0 Å². The van der Waals surface area contributed by atoms with Crippen LogP contribution < -0.4 is 0 Å². The van der Waals surface area contributed by atoms with Gasteiger partial charge in [-0.15, -0.1) is 0 Å². The molecule has 0 spiro atoms. The Morgan fingerprint density at radius 2 is 2.36 bits per heavy atom. The van der Waals surface area contributed by atoms with E-state index in [2.05, 4.69) is 4.74 Å². The van der Waals surface area contributed by atoms with E-state index < -0.39 is 30.5 Å². The first-order valence-corrected chi connectivity index (χ1v) is 3.19. The van der Waals surface area contributed by atoms with Crippen molar-refractivity contribution >= 4 is 5.97 Å². The molecule has 0 amide bonds. The van der Waals surface area contributed by atoms with Gasteiger partial charge in [-0.05, 0) is 6.92 Å². The number of esters is 1. The fraction of sp³-hybridized carbons (Fsp3) is 0.833. The molecule has 0 aliphatic carbocycles. The summed E-state index contributed by atoms with van der Waals surface area (Å²) in [5, 5.41) is 17.5. The van der Waals surface area contributed by atoms with Crippen molar-refractivity contribution in [3.63, 3.8) is 0 Å². The quantitative estimate of drug-likeness (QED) is 0.487. The first-order valence-electron chi connectivity index (χ1n) is 3.19. The maximum absolute atomic E-state index is 13.0. The molecule has 1 aliphatic heterocycles. The van der Waals surface area contributed by atoms with Gasteiger partial charge in [0.2, 0.25) is 5.67 Å². The van der Waals surface area contributed by atoms with E-state index in [1.54, 1.807) is 0 Å². The summed E-state index contributed by atoms with van der Waals surface area (Å²) in [5.74, 6) is -1.12. The summed E-state index contributed by atoms with van der Waals surface area (Å²) < 4.78 is 17.3. The van der Waals surface area contributed by atoms with E-state index in [1.807, 2.05) is 0 Å². The third-order valence-electron chi connectivity index (χ3n) is 1.75. The Balaban J connectivity index is 2.80. The molecule has 3 atom stereocenters. The number of hydrogen-bond acceptors (Lipinski definition) is 4. The van der Waals surface area contributed by atoms with E-state index in [0.717, 1.165) is 6.92 Å². The number of cyclic esters (lactones) is 1. The van der Waals surface area contributed by atoms with Crippen molar-refractivity contribution in [1.82, 2.24) is 0 Å². The Bertz CT molecular complexity index is 179. The minimum absolute atomic E-state index is 0.563. The summed E-state index contributed by atoms with van der Waals surface area (Å²) in [7, 11) is 0. The van der Waals surface area contributed by atoms with Crippen LogP contribution in [0, 0.1) is 0 Å². The van der Waals surface area contributed by atoms with Gasteiger partial charge in [-0.1, -0.05) is 0 Å². The lowest BCUT2D eigenvalue weighted by Crippen LogP contribution is -2.40. The van der Waals surface area contributed by atoms with Crippen LogP contribution in [0.4, 0.5) is 4.39 Å². The number of halogens is 1. The first-order chi connectivity index (χ1) is 5.00. The highest BCUT2D eigenvalue weighted by molar-refractivity contribution is 5.82. The minimum atomic E-state index is -2.38. The fourth-order valence-corrected chi connectivity index (χ4v) is 0.924. The summed E-state index contributed by atoms with van der Waals surface area (Å²) in [6.45, 7) is 0.363. The van der Waals surface area contributed by atoms with Crippen molar-refractivity contribution in [2.24, 2.45) is 0 Å². The van der Waals surface area contributed by atoms with Gasteiger partial charge in [-0.2, -0.15) is 0 Å². The van der Waals surface area contributed by atoms with E-state index >= 15 is 0 Å². The smallest absolute Gasteiger partial charge is 0.346 e. The van der Waals surface area contributed by atoms with Crippen molar-refractivity contribution in [1.29, 1.82) is 0 Å². The van der Waals surface area contributed by atoms with Gasteiger partial charge in [0.15, 0.2) is 6.10 Å². The molecule has 1 fully saturated rings. The van der Waals surface area contributed by atoms with Gasteiger partial charge < -0.3 is 14.9 Å². The predicted octanol–water partition coefficient (Wildman–Crippen LogP) is -1.01. The third kappa shape index (κ3) is 1.10. The number of ether oxygens (including phenoxy) is 1. The lowest BCUT2D eigenvalue weighted by molar-refractivity contribution is -0.150. The molecule has 0 aromatic carbocycles. The highest BCUT2D eigenvalue weighted by Gasteiger charge is 2.54. The van der Waals surface area contributed by atoms with Gasteiger partial charge in [-0.3, -0.25) is 0 Å². The number of carbonyl (C=O) groups excluding carboxylic acids is 1. The van der Waals surface area contributed by atoms with Crippen molar-refractivity contribution in [2.75, 3.05) is 6.61 Å².